The number of thiazole rings is 1. The average Bonchev–Trinajstić information content (AvgIpc) is 3.15. The summed E-state index contributed by atoms with van der Waals surface area (Å²) in [6, 6.07) is 7.85. The zero-order chi connectivity index (χ0) is 16.2. The van der Waals surface area contributed by atoms with E-state index in [1.165, 1.54) is 11.3 Å². The smallest absolute Gasteiger partial charge is 0.240 e. The fraction of sp³-hybridized carbons (Fsp3) is 0.353. The van der Waals surface area contributed by atoms with Crippen molar-refractivity contribution in [2.24, 2.45) is 5.92 Å². The second-order valence-corrected chi connectivity index (χ2v) is 6.64. The van der Waals surface area contributed by atoms with Crippen LogP contribution in [0.15, 0.2) is 35.2 Å². The molecule has 1 N–H and O–H groups in total. The molecular weight excluding hydrogens is 308 g/mol. The Morgan fingerprint density at radius 2 is 2.17 bits per heavy atom. The first-order valence-corrected chi connectivity index (χ1v) is 8.70. The van der Waals surface area contributed by atoms with E-state index in [-0.39, 0.29) is 12.5 Å². The van der Waals surface area contributed by atoms with Gasteiger partial charge in [0.05, 0.1) is 16.5 Å². The lowest BCUT2D eigenvalue weighted by molar-refractivity contribution is -0.121. The summed E-state index contributed by atoms with van der Waals surface area (Å²) in [5.74, 6) is 1.33. The van der Waals surface area contributed by atoms with Gasteiger partial charge in [0.25, 0.3) is 0 Å². The van der Waals surface area contributed by atoms with E-state index >= 15 is 0 Å². The third-order valence-electron chi connectivity index (χ3n) is 3.66. The van der Waals surface area contributed by atoms with E-state index in [9.17, 15) is 4.79 Å². The molecule has 120 valence electrons. The fourth-order valence-corrected chi connectivity index (χ4v) is 2.98. The van der Waals surface area contributed by atoms with E-state index < -0.39 is 0 Å². The Balaban J connectivity index is 1.86. The van der Waals surface area contributed by atoms with Crippen LogP contribution >= 0.6 is 11.3 Å². The molecule has 0 spiro atoms. The van der Waals surface area contributed by atoms with Gasteiger partial charge in [-0.05, 0) is 24.5 Å². The molecule has 23 heavy (non-hydrogen) atoms. The molecule has 0 atom stereocenters. The number of fused-ring (bicyclic) bond motifs is 1. The highest BCUT2D eigenvalue weighted by molar-refractivity contribution is 7.07. The van der Waals surface area contributed by atoms with Crippen molar-refractivity contribution < 1.29 is 4.79 Å². The highest BCUT2D eigenvalue weighted by Gasteiger charge is 2.16. The molecule has 0 unspecified atom stereocenters. The van der Waals surface area contributed by atoms with Gasteiger partial charge < -0.3 is 9.88 Å². The van der Waals surface area contributed by atoms with Gasteiger partial charge in [-0.2, -0.15) is 0 Å². The van der Waals surface area contributed by atoms with E-state index in [1.54, 1.807) is 5.51 Å². The largest absolute Gasteiger partial charge is 0.355 e. The zero-order valence-electron chi connectivity index (χ0n) is 13.3. The summed E-state index contributed by atoms with van der Waals surface area (Å²) in [5, 5.41) is 4.94. The summed E-state index contributed by atoms with van der Waals surface area (Å²) in [6.45, 7) is 5.26. The van der Waals surface area contributed by atoms with Gasteiger partial charge in [-0.25, -0.2) is 9.97 Å². The van der Waals surface area contributed by atoms with Crippen LogP contribution in [-0.2, 0) is 11.3 Å². The van der Waals surface area contributed by atoms with Crippen molar-refractivity contribution in [3.8, 4) is 11.5 Å². The third-order valence-corrected chi connectivity index (χ3v) is 4.25. The van der Waals surface area contributed by atoms with E-state index in [1.807, 2.05) is 34.2 Å². The van der Waals surface area contributed by atoms with Crippen LogP contribution in [0, 0.1) is 5.92 Å². The van der Waals surface area contributed by atoms with Gasteiger partial charge in [0.1, 0.15) is 12.2 Å². The Kier molecular flexibility index (Phi) is 4.71. The molecule has 1 amide bonds. The highest BCUT2D eigenvalue weighted by Crippen LogP contribution is 2.24. The van der Waals surface area contributed by atoms with Crippen LogP contribution in [0.4, 0.5) is 0 Å². The number of hydrogen-bond donors (Lipinski definition) is 1. The topological polar surface area (TPSA) is 59.8 Å². The third kappa shape index (κ3) is 3.59. The van der Waals surface area contributed by atoms with Gasteiger partial charge in [-0.15, -0.1) is 11.3 Å². The standard InChI is InChI=1S/C17H20N4OS/c1-12(2)7-8-18-16(22)9-21-15-6-4-3-5-13(15)20-17(21)14-10-23-11-19-14/h3-6,10-12H,7-9H2,1-2H3,(H,18,22). The first-order valence-electron chi connectivity index (χ1n) is 7.75. The Morgan fingerprint density at radius 3 is 2.91 bits per heavy atom. The van der Waals surface area contributed by atoms with Gasteiger partial charge in [-0.1, -0.05) is 26.0 Å². The predicted octanol–water partition coefficient (Wildman–Crippen LogP) is 3.32. The summed E-state index contributed by atoms with van der Waals surface area (Å²) in [4.78, 5) is 21.3. The summed E-state index contributed by atoms with van der Waals surface area (Å²) in [7, 11) is 0. The average molecular weight is 328 g/mol. The summed E-state index contributed by atoms with van der Waals surface area (Å²) < 4.78 is 1.94. The van der Waals surface area contributed by atoms with Crippen molar-refractivity contribution in [2.75, 3.05) is 6.54 Å². The monoisotopic (exact) mass is 328 g/mol. The van der Waals surface area contributed by atoms with Gasteiger partial charge >= 0.3 is 0 Å². The molecule has 1 aromatic carbocycles. The molecule has 0 radical (unpaired) electrons. The molecule has 3 aromatic rings. The van der Waals surface area contributed by atoms with Gasteiger partial charge in [0, 0.05) is 11.9 Å². The number of carbonyl (C=O) groups is 1. The lowest BCUT2D eigenvalue weighted by Gasteiger charge is -2.10. The number of carbonyl (C=O) groups excluding carboxylic acids is 1. The van der Waals surface area contributed by atoms with Gasteiger partial charge in [0.15, 0.2) is 5.82 Å². The molecule has 0 saturated carbocycles. The summed E-state index contributed by atoms with van der Waals surface area (Å²) >= 11 is 1.52. The predicted molar refractivity (Wildman–Crippen MR) is 93.3 cm³/mol. The number of para-hydroxylation sites is 2. The van der Waals surface area contributed by atoms with Gasteiger partial charge in [0.2, 0.25) is 5.91 Å². The van der Waals surface area contributed by atoms with Crippen LogP contribution < -0.4 is 5.32 Å². The first kappa shape index (κ1) is 15.7. The van der Waals surface area contributed by atoms with Crippen molar-refractivity contribution in [1.29, 1.82) is 0 Å². The lowest BCUT2D eigenvalue weighted by Crippen LogP contribution is -2.29. The normalized spacial score (nSPS) is 11.3. The van der Waals surface area contributed by atoms with Crippen molar-refractivity contribution >= 4 is 28.3 Å². The minimum Gasteiger partial charge on any atom is -0.355 e. The summed E-state index contributed by atoms with van der Waals surface area (Å²) in [5.41, 5.74) is 4.42. The molecule has 0 aliphatic rings. The van der Waals surface area contributed by atoms with Crippen molar-refractivity contribution in [3.63, 3.8) is 0 Å². The number of hydrogen-bond acceptors (Lipinski definition) is 4. The van der Waals surface area contributed by atoms with E-state index in [2.05, 4.69) is 29.1 Å². The SMILES string of the molecule is CC(C)CCNC(=O)Cn1c(-c2cscn2)nc2ccccc21. The molecule has 0 aliphatic heterocycles. The maximum absolute atomic E-state index is 12.3. The number of aromatic nitrogens is 3. The van der Waals surface area contributed by atoms with Gasteiger partial charge in [-0.3, -0.25) is 4.79 Å². The lowest BCUT2D eigenvalue weighted by atomic mass is 10.1. The Bertz CT molecular complexity index is 792. The molecule has 0 bridgehead atoms. The van der Waals surface area contributed by atoms with Crippen LogP contribution in [0.2, 0.25) is 0 Å². The minimum atomic E-state index is 0.00489. The van der Waals surface area contributed by atoms with Crippen LogP contribution in [0.1, 0.15) is 20.3 Å². The number of amides is 1. The molecule has 2 heterocycles. The molecule has 3 rings (SSSR count). The molecule has 6 heteroatoms. The summed E-state index contributed by atoms with van der Waals surface area (Å²) in [6.07, 6.45) is 0.982. The molecule has 5 nitrogen and oxygen atoms in total. The molecule has 2 aromatic heterocycles. The fourth-order valence-electron chi connectivity index (χ4n) is 2.45. The molecular formula is C17H20N4OS. The zero-order valence-corrected chi connectivity index (χ0v) is 14.1. The number of benzene rings is 1. The second-order valence-electron chi connectivity index (χ2n) is 5.92. The van der Waals surface area contributed by atoms with Crippen LogP contribution in [-0.4, -0.2) is 27.0 Å². The Morgan fingerprint density at radius 1 is 1.35 bits per heavy atom. The van der Waals surface area contributed by atoms with Crippen molar-refractivity contribution in [2.45, 2.75) is 26.8 Å². The number of imidazole rings is 1. The first-order chi connectivity index (χ1) is 11.1. The number of nitrogens with zero attached hydrogens (tertiary/aromatic N) is 3. The van der Waals surface area contributed by atoms with Crippen molar-refractivity contribution in [1.82, 2.24) is 19.9 Å². The Hall–Kier alpha value is -2.21. The van der Waals surface area contributed by atoms with Crippen LogP contribution in [0.3, 0.4) is 0 Å². The molecule has 0 fully saturated rings. The van der Waals surface area contributed by atoms with E-state index in [0.717, 1.165) is 29.0 Å². The number of nitrogens with one attached hydrogen (secondary N) is 1. The molecule has 0 saturated heterocycles. The van der Waals surface area contributed by atoms with Crippen LogP contribution in [0.25, 0.3) is 22.6 Å². The van der Waals surface area contributed by atoms with Crippen molar-refractivity contribution in [3.05, 3.63) is 35.2 Å². The Labute approximate surface area is 139 Å². The second kappa shape index (κ2) is 6.91. The minimum absolute atomic E-state index is 0.00489. The maximum Gasteiger partial charge on any atom is 0.240 e. The highest BCUT2D eigenvalue weighted by atomic mass is 32.1. The van der Waals surface area contributed by atoms with E-state index in [4.69, 9.17) is 0 Å². The number of rotatable bonds is 6. The maximum atomic E-state index is 12.3. The van der Waals surface area contributed by atoms with E-state index in [0.29, 0.717) is 12.5 Å². The quantitative estimate of drug-likeness (QED) is 0.755. The van der Waals surface area contributed by atoms with Crippen LogP contribution in [0.5, 0.6) is 0 Å². The molecule has 0 aliphatic carbocycles.